The van der Waals surface area contributed by atoms with Gasteiger partial charge in [-0.1, -0.05) is 53.4 Å². The standard InChI is InChI=1S/C31H25N3O7S2/c1-2-41-30(39)18-8-12-20(13-9-18)34-27(37)24-23(17-6-4-3-5-7-17)26-29(42-25(24)28(34)38)33(31(40)43-26)16-22(36)32-19-10-14-21(35)15-11-19/h3-15,23-25,35H,2,16H2,1H3,(H,32,36)/t23-,24-,25+/m0/s1. The van der Waals surface area contributed by atoms with Crippen molar-refractivity contribution < 1.29 is 29.0 Å². The van der Waals surface area contributed by atoms with Gasteiger partial charge in [0.2, 0.25) is 17.7 Å². The Morgan fingerprint density at radius 3 is 2.30 bits per heavy atom. The van der Waals surface area contributed by atoms with Gasteiger partial charge in [-0.15, -0.1) is 0 Å². The average molecular weight is 616 g/mol. The van der Waals surface area contributed by atoms with E-state index in [0.29, 0.717) is 26.8 Å². The number of hydrogen-bond acceptors (Lipinski definition) is 9. The van der Waals surface area contributed by atoms with Crippen molar-refractivity contribution in [2.24, 2.45) is 5.92 Å². The summed E-state index contributed by atoms with van der Waals surface area (Å²) in [7, 11) is 0. The molecule has 3 atom stereocenters. The van der Waals surface area contributed by atoms with Crippen LogP contribution in [0.4, 0.5) is 11.4 Å². The molecule has 3 heterocycles. The lowest BCUT2D eigenvalue weighted by Crippen LogP contribution is -2.33. The van der Waals surface area contributed by atoms with Crippen LogP contribution in [0.15, 0.2) is 88.7 Å². The number of phenols is 1. The first-order valence-corrected chi connectivity index (χ1v) is 15.2. The van der Waals surface area contributed by atoms with E-state index in [1.807, 2.05) is 30.3 Å². The van der Waals surface area contributed by atoms with Crippen LogP contribution in [-0.2, 0) is 25.7 Å². The molecule has 0 radical (unpaired) electrons. The molecule has 10 nitrogen and oxygen atoms in total. The minimum atomic E-state index is -0.838. The molecule has 43 heavy (non-hydrogen) atoms. The third kappa shape index (κ3) is 5.23. The molecule has 0 saturated carbocycles. The Hall–Kier alpha value is -4.68. The first-order valence-electron chi connectivity index (χ1n) is 13.5. The summed E-state index contributed by atoms with van der Waals surface area (Å²) in [5, 5.41) is 11.9. The normalized spacial score (nSPS) is 19.1. The van der Waals surface area contributed by atoms with Gasteiger partial charge in [0.05, 0.1) is 28.8 Å². The zero-order valence-electron chi connectivity index (χ0n) is 22.8. The van der Waals surface area contributed by atoms with Crippen molar-refractivity contribution in [1.82, 2.24) is 4.57 Å². The molecule has 3 amide bonds. The maximum Gasteiger partial charge on any atom is 0.338 e. The maximum atomic E-state index is 14.0. The van der Waals surface area contributed by atoms with Crippen LogP contribution >= 0.6 is 23.1 Å². The van der Waals surface area contributed by atoms with E-state index in [1.165, 1.54) is 28.8 Å². The summed E-state index contributed by atoms with van der Waals surface area (Å²) in [6.07, 6.45) is 0. The average Bonchev–Trinajstić information content (AvgIpc) is 3.45. The summed E-state index contributed by atoms with van der Waals surface area (Å²) in [5.41, 5.74) is 1.87. The molecular weight excluding hydrogens is 590 g/mol. The van der Waals surface area contributed by atoms with Crippen LogP contribution in [0.3, 0.4) is 0 Å². The highest BCUT2D eigenvalue weighted by Crippen LogP contribution is 2.53. The summed E-state index contributed by atoms with van der Waals surface area (Å²) >= 11 is 2.09. The zero-order valence-corrected chi connectivity index (χ0v) is 24.4. The lowest BCUT2D eigenvalue weighted by Gasteiger charge is -2.30. The molecule has 0 unspecified atom stereocenters. The number of aromatic hydroxyl groups is 1. The predicted octanol–water partition coefficient (Wildman–Crippen LogP) is 4.23. The lowest BCUT2D eigenvalue weighted by molar-refractivity contribution is -0.122. The Morgan fingerprint density at radius 2 is 1.63 bits per heavy atom. The van der Waals surface area contributed by atoms with Gasteiger partial charge in [0, 0.05) is 16.5 Å². The molecule has 0 spiro atoms. The number of fused-ring (bicyclic) bond motifs is 2. The molecule has 218 valence electrons. The fourth-order valence-corrected chi connectivity index (χ4v) is 8.15. The van der Waals surface area contributed by atoms with Gasteiger partial charge in [0.25, 0.3) is 0 Å². The van der Waals surface area contributed by atoms with Gasteiger partial charge in [-0.05, 0) is 61.0 Å². The molecule has 2 N–H and O–H groups in total. The summed E-state index contributed by atoms with van der Waals surface area (Å²) in [4.78, 5) is 67.6. The number of imide groups is 1. The fraction of sp³-hybridized carbons (Fsp3) is 0.194. The van der Waals surface area contributed by atoms with Gasteiger partial charge in [0.1, 0.15) is 17.5 Å². The summed E-state index contributed by atoms with van der Waals surface area (Å²) in [6.45, 7) is 1.63. The zero-order chi connectivity index (χ0) is 30.2. The van der Waals surface area contributed by atoms with Gasteiger partial charge in [-0.2, -0.15) is 0 Å². The Balaban J connectivity index is 1.35. The number of thioether (sulfide) groups is 1. The Kier molecular flexibility index (Phi) is 7.63. The molecular formula is C31H25N3O7S2. The monoisotopic (exact) mass is 615 g/mol. The third-order valence-electron chi connectivity index (χ3n) is 7.30. The van der Waals surface area contributed by atoms with Crippen molar-refractivity contribution in [3.8, 4) is 5.75 Å². The number of anilines is 2. The van der Waals surface area contributed by atoms with Crippen LogP contribution in [0.25, 0.3) is 0 Å². The van der Waals surface area contributed by atoms with Crippen molar-refractivity contribution in [1.29, 1.82) is 0 Å². The largest absolute Gasteiger partial charge is 0.508 e. The first-order chi connectivity index (χ1) is 20.8. The number of carbonyl (C=O) groups is 4. The van der Waals surface area contributed by atoms with E-state index < -0.39 is 40.8 Å². The number of nitrogens with one attached hydrogen (secondary N) is 1. The molecule has 6 rings (SSSR count). The van der Waals surface area contributed by atoms with Crippen molar-refractivity contribution in [3.05, 3.63) is 105 Å². The summed E-state index contributed by atoms with van der Waals surface area (Å²) in [5.74, 6) is -3.10. The van der Waals surface area contributed by atoms with Crippen molar-refractivity contribution in [3.63, 3.8) is 0 Å². The van der Waals surface area contributed by atoms with Crippen LogP contribution in [0.2, 0.25) is 0 Å². The number of ether oxygens (including phenoxy) is 1. The van der Waals surface area contributed by atoms with Gasteiger partial charge in [0.15, 0.2) is 0 Å². The molecule has 1 saturated heterocycles. The molecule has 0 bridgehead atoms. The van der Waals surface area contributed by atoms with Crippen molar-refractivity contribution in [2.45, 2.75) is 29.7 Å². The number of esters is 1. The number of amides is 3. The number of carbonyl (C=O) groups excluding carboxylic acids is 4. The van der Waals surface area contributed by atoms with Crippen molar-refractivity contribution in [2.75, 3.05) is 16.8 Å². The Morgan fingerprint density at radius 1 is 0.930 bits per heavy atom. The number of benzene rings is 3. The SMILES string of the molecule is CCOC(=O)c1ccc(N2C(=O)[C@H]3[C@H](c4ccccc4)c4sc(=O)n(CC(=O)Nc5ccc(O)cc5)c4S[C@H]3C2=O)cc1. The Bertz CT molecular complexity index is 1780. The molecule has 3 aromatic carbocycles. The van der Waals surface area contributed by atoms with E-state index in [2.05, 4.69) is 5.32 Å². The highest BCUT2D eigenvalue weighted by atomic mass is 32.2. The molecule has 1 fully saturated rings. The lowest BCUT2D eigenvalue weighted by atomic mass is 9.83. The van der Waals surface area contributed by atoms with E-state index in [-0.39, 0.29) is 23.8 Å². The quantitative estimate of drug-likeness (QED) is 0.179. The number of hydrogen-bond donors (Lipinski definition) is 2. The Labute approximate surface area is 253 Å². The molecule has 2 aliphatic rings. The van der Waals surface area contributed by atoms with E-state index >= 15 is 0 Å². The van der Waals surface area contributed by atoms with Crippen LogP contribution < -0.4 is 15.1 Å². The van der Waals surface area contributed by atoms with E-state index in [1.54, 1.807) is 31.2 Å². The second-order valence-corrected chi connectivity index (χ2v) is 12.1. The summed E-state index contributed by atoms with van der Waals surface area (Å²) in [6, 6.07) is 21.3. The second-order valence-electron chi connectivity index (χ2n) is 9.95. The van der Waals surface area contributed by atoms with E-state index in [9.17, 15) is 29.1 Å². The second kappa shape index (κ2) is 11.5. The van der Waals surface area contributed by atoms with Gasteiger partial charge < -0.3 is 15.2 Å². The topological polar surface area (TPSA) is 135 Å². The predicted molar refractivity (Wildman–Crippen MR) is 162 cm³/mol. The number of thiazole rings is 1. The number of rotatable bonds is 7. The van der Waals surface area contributed by atoms with Crippen LogP contribution in [0.5, 0.6) is 5.75 Å². The number of aromatic nitrogens is 1. The highest BCUT2D eigenvalue weighted by molar-refractivity contribution is 8.00. The highest BCUT2D eigenvalue weighted by Gasteiger charge is 2.56. The molecule has 2 aliphatic heterocycles. The minimum Gasteiger partial charge on any atom is -0.508 e. The molecule has 1 aromatic heterocycles. The van der Waals surface area contributed by atoms with Gasteiger partial charge in [-0.25, -0.2) is 9.69 Å². The molecule has 0 aliphatic carbocycles. The van der Waals surface area contributed by atoms with Gasteiger partial charge >= 0.3 is 10.8 Å². The van der Waals surface area contributed by atoms with Crippen LogP contribution in [-0.4, -0.2) is 45.2 Å². The van der Waals surface area contributed by atoms with Crippen LogP contribution in [0.1, 0.15) is 33.6 Å². The number of nitrogens with zero attached hydrogens (tertiary/aromatic N) is 2. The van der Waals surface area contributed by atoms with Gasteiger partial charge in [-0.3, -0.25) is 23.7 Å². The molecule has 4 aromatic rings. The third-order valence-corrected chi connectivity index (χ3v) is 9.90. The van der Waals surface area contributed by atoms with E-state index in [0.717, 1.165) is 33.6 Å². The fourth-order valence-electron chi connectivity index (χ4n) is 5.38. The summed E-state index contributed by atoms with van der Waals surface area (Å²) < 4.78 is 6.38. The van der Waals surface area contributed by atoms with Crippen LogP contribution in [0, 0.1) is 5.92 Å². The van der Waals surface area contributed by atoms with Crippen molar-refractivity contribution >= 4 is 58.2 Å². The number of phenolic OH excluding ortho intramolecular Hbond substituents is 1. The first kappa shape index (κ1) is 28.4. The molecule has 12 heteroatoms. The minimum absolute atomic E-state index is 0.0544. The van der Waals surface area contributed by atoms with E-state index in [4.69, 9.17) is 4.74 Å². The smallest absolute Gasteiger partial charge is 0.338 e. The maximum absolute atomic E-state index is 14.0.